The fourth-order valence-corrected chi connectivity index (χ4v) is 9.23. The summed E-state index contributed by atoms with van der Waals surface area (Å²) in [5, 5.41) is 16.7. The van der Waals surface area contributed by atoms with Crippen LogP contribution in [0.4, 0.5) is 0 Å². The molecule has 0 aliphatic heterocycles. The van der Waals surface area contributed by atoms with Crippen molar-refractivity contribution in [3.05, 3.63) is 126 Å². The summed E-state index contributed by atoms with van der Waals surface area (Å²) in [5.41, 5.74) is 8.56. The molecule has 0 fully saturated rings. The van der Waals surface area contributed by atoms with Crippen LogP contribution in [0.5, 0.6) is 0 Å². The number of carbonyl (C=O) groups is 4. The van der Waals surface area contributed by atoms with Crippen LogP contribution in [0, 0.1) is 0 Å². The monoisotopic (exact) mass is 1040 g/mol. The molecule has 0 aliphatic carbocycles. The van der Waals surface area contributed by atoms with Crippen molar-refractivity contribution in [1.29, 1.82) is 0 Å². The molecule has 0 unspecified atom stereocenters. The molecule has 7 N–H and O–H groups in total. The van der Waals surface area contributed by atoms with E-state index < -0.39 is 35.3 Å². The highest BCUT2D eigenvalue weighted by atomic mass is 35.7. The van der Waals surface area contributed by atoms with Gasteiger partial charge in [0, 0.05) is 67.6 Å². The van der Waals surface area contributed by atoms with E-state index in [0.29, 0.717) is 42.2 Å². The molecule has 0 heterocycles. The Balaban J connectivity index is 0.000000324. The molecule has 0 atom stereocenters. The number of carbonyl (C=O) groups excluding carboxylic acids is 3. The predicted octanol–water partition coefficient (Wildman–Crippen LogP) is 7.83. The first-order valence-corrected chi connectivity index (χ1v) is 26.3. The third-order valence-corrected chi connectivity index (χ3v) is 12.6. The average Bonchev–Trinajstić information content (AvgIpc) is 3.24. The number of halogens is 2. The Morgan fingerprint density at radius 1 is 0.500 bits per heavy atom. The maximum atomic E-state index is 11.6. The molecule has 68 heavy (non-hydrogen) atoms. The van der Waals surface area contributed by atoms with Gasteiger partial charge < -0.3 is 21.5 Å². The van der Waals surface area contributed by atoms with Gasteiger partial charge in [0.1, 0.15) is 9.79 Å². The van der Waals surface area contributed by atoms with Crippen LogP contribution in [0.1, 0.15) is 63.6 Å². The van der Waals surface area contributed by atoms with E-state index in [-0.39, 0.29) is 31.7 Å². The number of carboxylic acid groups (broad SMARTS) is 1. The molecule has 0 saturated carbocycles. The van der Waals surface area contributed by atoms with Gasteiger partial charge in [-0.25, -0.2) is 8.42 Å². The third-order valence-electron chi connectivity index (χ3n) is 9.38. The van der Waals surface area contributed by atoms with E-state index >= 15 is 0 Å². The van der Waals surface area contributed by atoms with Crippen molar-refractivity contribution >= 4 is 107 Å². The Morgan fingerprint density at radius 3 is 1.04 bits per heavy atom. The minimum absolute atomic E-state index is 0.0467. The van der Waals surface area contributed by atoms with Crippen molar-refractivity contribution in [3.63, 3.8) is 0 Å². The highest BCUT2D eigenvalue weighted by molar-refractivity contribution is 8.14. The summed E-state index contributed by atoms with van der Waals surface area (Å²) in [5.74, 6) is -0.954. The highest BCUT2D eigenvalue weighted by Crippen LogP contribution is 2.30. The molecular weight excluding hydrogens is 982 g/mol. The largest absolute Gasteiger partial charge is 0.481 e. The molecule has 6 rings (SSSR count). The molecule has 16 nitrogen and oxygen atoms in total. The summed E-state index contributed by atoms with van der Waals surface area (Å²) in [6, 6.07) is 31.2. The minimum Gasteiger partial charge on any atom is -0.481 e. The number of fused-ring (bicyclic) bond motifs is 3. The predicted molar refractivity (Wildman–Crippen MR) is 266 cm³/mol. The molecule has 0 bridgehead atoms. The number of hydrogen-bond acceptors (Lipinski definition) is 11. The molecular formula is C47H55Cl2N3O13S3. The van der Waals surface area contributed by atoms with Crippen molar-refractivity contribution in [1.82, 2.24) is 10.6 Å². The normalized spacial score (nSPS) is 11.0. The van der Waals surface area contributed by atoms with Crippen LogP contribution in [-0.4, -0.2) is 82.1 Å². The van der Waals surface area contributed by atoms with Crippen molar-refractivity contribution in [3.8, 4) is 0 Å². The Morgan fingerprint density at radius 2 is 0.765 bits per heavy atom. The first-order valence-electron chi connectivity index (χ1n) is 20.8. The third kappa shape index (κ3) is 20.4. The maximum absolute atomic E-state index is 11.6. The van der Waals surface area contributed by atoms with Crippen LogP contribution >= 0.6 is 22.3 Å². The van der Waals surface area contributed by atoms with E-state index in [1.54, 1.807) is 48.5 Å². The van der Waals surface area contributed by atoms with Crippen molar-refractivity contribution in [2.75, 3.05) is 19.6 Å². The van der Waals surface area contributed by atoms with Gasteiger partial charge in [0.05, 0.1) is 4.90 Å². The zero-order chi connectivity index (χ0) is 51.2. The van der Waals surface area contributed by atoms with Gasteiger partial charge in [-0.15, -0.1) is 0 Å². The Hall–Kier alpha value is -5.51. The molecule has 6 aromatic carbocycles. The second-order valence-corrected chi connectivity index (χ2v) is 20.6. The van der Waals surface area contributed by atoms with Crippen LogP contribution in [0.2, 0.25) is 0 Å². The first kappa shape index (κ1) is 58.6. The lowest BCUT2D eigenvalue weighted by Crippen LogP contribution is -2.21. The molecule has 0 spiro atoms. The molecule has 0 aliphatic rings. The van der Waals surface area contributed by atoms with Crippen LogP contribution in [0.15, 0.2) is 124 Å². The second kappa shape index (κ2) is 28.1. The zero-order valence-corrected chi connectivity index (χ0v) is 41.7. The van der Waals surface area contributed by atoms with E-state index in [9.17, 15) is 48.7 Å². The fourth-order valence-electron chi connectivity index (χ4n) is 6.73. The molecule has 21 heteroatoms. The van der Waals surface area contributed by atoms with Crippen LogP contribution < -0.4 is 16.4 Å². The van der Waals surface area contributed by atoms with Gasteiger partial charge in [-0.1, -0.05) is 91.0 Å². The van der Waals surface area contributed by atoms with E-state index in [1.807, 2.05) is 42.5 Å². The average molecular weight is 1040 g/mol. The summed E-state index contributed by atoms with van der Waals surface area (Å²) in [6.45, 7) is 7.09. The van der Waals surface area contributed by atoms with Crippen molar-refractivity contribution < 1.29 is 58.6 Å². The van der Waals surface area contributed by atoms with E-state index in [1.165, 1.54) is 39.0 Å². The molecule has 368 valence electrons. The van der Waals surface area contributed by atoms with Crippen LogP contribution in [0.25, 0.3) is 32.3 Å². The highest BCUT2D eigenvalue weighted by Gasteiger charge is 2.17. The van der Waals surface area contributed by atoms with E-state index in [4.69, 9.17) is 26.3 Å². The second-order valence-electron chi connectivity index (χ2n) is 14.7. The summed E-state index contributed by atoms with van der Waals surface area (Å²) in [4.78, 5) is 39.9. The number of nitrogens with one attached hydrogen (secondary N) is 2. The fraction of sp³-hybridized carbons (Fsp3) is 0.277. The molecule has 0 radical (unpaired) electrons. The Labute approximate surface area is 406 Å². The van der Waals surface area contributed by atoms with Crippen molar-refractivity contribution in [2.45, 2.75) is 80.9 Å². The van der Waals surface area contributed by atoms with Gasteiger partial charge in [-0.3, -0.25) is 28.3 Å². The van der Waals surface area contributed by atoms with Gasteiger partial charge in [0.2, 0.25) is 17.1 Å². The molecule has 0 aromatic heterocycles. The number of benzene rings is 6. The summed E-state index contributed by atoms with van der Waals surface area (Å²) in [6.07, 6.45) is 4.65. The number of nitrogens with two attached hydrogens (primary N) is 1. The van der Waals surface area contributed by atoms with Gasteiger partial charge in [-0.05, 0) is 108 Å². The molecule has 6 aromatic rings. The van der Waals surface area contributed by atoms with Gasteiger partial charge in [0.15, 0.2) is 0 Å². The molecule has 2 amide bonds. The SMILES string of the molecule is CC(=O)Cl.CC(=O)NCCCc1cccc2c(S(=O)(=O)Cl)cccc12.CC(=O)NCCCc1cccc2c(S(=O)(=O)O)cccc12.CC(=O)O.NCCCc1cccc2c(S(=O)(=O)O)cccc12. The summed E-state index contributed by atoms with van der Waals surface area (Å²) in [7, 11) is -6.72. The summed E-state index contributed by atoms with van der Waals surface area (Å²) < 4.78 is 87.1. The van der Waals surface area contributed by atoms with Crippen LogP contribution in [0.3, 0.4) is 0 Å². The lowest BCUT2D eigenvalue weighted by Gasteiger charge is -2.09. The lowest BCUT2D eigenvalue weighted by molar-refractivity contribution is -0.134. The smallest absolute Gasteiger partial charge is 0.300 e. The van der Waals surface area contributed by atoms with Crippen molar-refractivity contribution in [2.24, 2.45) is 5.73 Å². The quantitative estimate of drug-likeness (QED) is 0.0345. The Kier molecular flexibility index (Phi) is 24.2. The summed E-state index contributed by atoms with van der Waals surface area (Å²) >= 11 is 4.64. The number of amides is 2. The maximum Gasteiger partial charge on any atom is 0.300 e. The lowest BCUT2D eigenvalue weighted by atomic mass is 10.0. The first-order chi connectivity index (χ1) is 31.8. The van der Waals surface area contributed by atoms with Gasteiger partial charge >= 0.3 is 0 Å². The van der Waals surface area contributed by atoms with Gasteiger partial charge in [-0.2, -0.15) is 16.8 Å². The topological polar surface area (TPSA) is 281 Å². The Bertz CT molecular complexity index is 2890. The zero-order valence-electron chi connectivity index (χ0n) is 37.7. The number of aryl methyl sites for hydroxylation is 3. The standard InChI is InChI=1S/C15H16ClNO3S.C15H17NO4S.C13H15NO3S.C2H3ClO.C2H4O2/c1-11(18)17-10-4-6-12-5-2-8-14-13(12)7-3-9-15(14)21(16,19)20;1-11(17)16-10-4-6-12-5-2-8-14-13(12)7-3-9-15(14)21(18,19)20;14-9-3-5-10-4-1-7-12-11(10)6-2-8-13(12)18(15,16)17;2*1-2(3)4/h2-3,5,7-9H,4,6,10H2,1H3,(H,17,18);2-3,5,7-9H,4,6,10H2,1H3,(H,16,17)(H,18,19,20);1-2,4,6-8H,3,5,9,14H2,(H,15,16,17);1H3;1H3,(H,3,4). The van der Waals surface area contributed by atoms with Gasteiger partial charge in [0.25, 0.3) is 35.3 Å². The number of hydrogen-bond donors (Lipinski definition) is 6. The number of aliphatic carboxylic acids is 1. The number of carboxylic acids is 1. The van der Waals surface area contributed by atoms with E-state index in [2.05, 4.69) is 22.2 Å². The number of rotatable bonds is 14. The van der Waals surface area contributed by atoms with E-state index in [0.717, 1.165) is 71.9 Å². The molecule has 0 saturated heterocycles. The minimum atomic E-state index is -4.24. The van der Waals surface area contributed by atoms with Crippen LogP contribution in [-0.2, 0) is 67.7 Å².